The maximum Gasteiger partial charge on any atom is 0.181 e. The molecule has 0 saturated carbocycles. The molecule has 0 aromatic carbocycles. The number of hydrogen-bond acceptors (Lipinski definition) is 5. The van der Waals surface area contributed by atoms with Gasteiger partial charge in [0, 0.05) is 12.4 Å². The van der Waals surface area contributed by atoms with Crippen molar-refractivity contribution in [2.24, 2.45) is 0 Å². The number of nitrogens with zero attached hydrogens (tertiary/aromatic N) is 5. The maximum absolute atomic E-state index is 4.30. The van der Waals surface area contributed by atoms with E-state index >= 15 is 0 Å². The van der Waals surface area contributed by atoms with Gasteiger partial charge in [0.25, 0.3) is 0 Å². The molecule has 72 valence electrons. The first-order valence-corrected chi connectivity index (χ1v) is 4.34. The molecule has 0 unspecified atom stereocenters. The van der Waals surface area contributed by atoms with Crippen LogP contribution >= 0.6 is 0 Å². The van der Waals surface area contributed by atoms with Gasteiger partial charge in [-0.05, 0) is 0 Å². The summed E-state index contributed by atoms with van der Waals surface area (Å²) in [6.45, 7) is 0. The summed E-state index contributed by atoms with van der Waals surface area (Å²) in [5.41, 5.74) is 2.27. The van der Waals surface area contributed by atoms with E-state index in [9.17, 15) is 0 Å². The van der Waals surface area contributed by atoms with E-state index in [1.54, 1.807) is 18.6 Å². The third kappa shape index (κ3) is 1.32. The van der Waals surface area contributed by atoms with Crippen LogP contribution in [0.5, 0.6) is 0 Å². The van der Waals surface area contributed by atoms with Crippen molar-refractivity contribution < 1.29 is 0 Å². The van der Waals surface area contributed by atoms with Crippen molar-refractivity contribution in [2.75, 3.05) is 0 Å². The molecule has 6 heteroatoms. The number of aromatic amines is 1. The fraction of sp³-hybridized carbons (Fsp3) is 0. The van der Waals surface area contributed by atoms with Crippen molar-refractivity contribution in [3.05, 3.63) is 31.2 Å². The third-order valence-corrected chi connectivity index (χ3v) is 2.00. The molecule has 0 aliphatic rings. The lowest BCUT2D eigenvalue weighted by molar-refractivity contribution is 1.15. The Bertz CT molecular complexity index is 555. The van der Waals surface area contributed by atoms with Gasteiger partial charge in [0.15, 0.2) is 5.65 Å². The summed E-state index contributed by atoms with van der Waals surface area (Å²) in [5, 5.41) is 0. The van der Waals surface area contributed by atoms with Gasteiger partial charge in [-0.25, -0.2) is 24.9 Å². The summed E-state index contributed by atoms with van der Waals surface area (Å²) in [5.74, 6) is 0.700. The number of nitrogens with one attached hydrogen (secondary N) is 1. The molecule has 0 fully saturated rings. The van der Waals surface area contributed by atoms with Crippen LogP contribution in [0.4, 0.5) is 0 Å². The van der Waals surface area contributed by atoms with Gasteiger partial charge in [-0.2, -0.15) is 0 Å². The smallest absolute Gasteiger partial charge is 0.181 e. The van der Waals surface area contributed by atoms with E-state index in [1.165, 1.54) is 12.7 Å². The fourth-order valence-corrected chi connectivity index (χ4v) is 1.32. The van der Waals surface area contributed by atoms with Gasteiger partial charge in [0.2, 0.25) is 0 Å². The average Bonchev–Trinajstić information content (AvgIpc) is 2.74. The predicted octanol–water partition coefficient (Wildman–Crippen LogP) is 0.810. The molecular weight excluding hydrogens is 192 g/mol. The lowest BCUT2D eigenvalue weighted by atomic mass is 10.3. The van der Waals surface area contributed by atoms with E-state index in [0.717, 1.165) is 11.1 Å². The molecule has 0 saturated heterocycles. The molecule has 0 atom stereocenters. The van der Waals surface area contributed by atoms with Crippen LogP contribution in [0, 0.1) is 0 Å². The molecule has 0 spiro atoms. The fourth-order valence-electron chi connectivity index (χ4n) is 1.32. The van der Waals surface area contributed by atoms with Crippen molar-refractivity contribution >= 4 is 11.2 Å². The van der Waals surface area contributed by atoms with Crippen molar-refractivity contribution in [1.29, 1.82) is 0 Å². The Balaban J connectivity index is 2.21. The number of hydrogen-bond donors (Lipinski definition) is 1. The Hall–Kier alpha value is -2.37. The maximum atomic E-state index is 4.30. The molecule has 1 N–H and O–H groups in total. The number of H-pyrrole nitrogens is 1. The molecule has 0 radical (unpaired) electrons. The second kappa shape index (κ2) is 3.09. The van der Waals surface area contributed by atoms with Crippen LogP contribution in [-0.2, 0) is 0 Å². The highest BCUT2D eigenvalue weighted by Gasteiger charge is 2.05. The Morgan fingerprint density at radius 3 is 2.53 bits per heavy atom. The highest BCUT2D eigenvalue weighted by molar-refractivity contribution is 5.74. The molecule has 3 aromatic rings. The van der Waals surface area contributed by atoms with Crippen molar-refractivity contribution in [1.82, 2.24) is 29.9 Å². The Labute approximate surface area is 84.5 Å². The minimum absolute atomic E-state index is 0.642. The average molecular weight is 198 g/mol. The van der Waals surface area contributed by atoms with Gasteiger partial charge in [-0.3, -0.25) is 0 Å². The monoisotopic (exact) mass is 198 g/mol. The second-order valence-electron chi connectivity index (χ2n) is 2.97. The van der Waals surface area contributed by atoms with Crippen molar-refractivity contribution in [3.8, 4) is 11.4 Å². The number of rotatable bonds is 1. The van der Waals surface area contributed by atoms with Crippen LogP contribution < -0.4 is 0 Å². The first kappa shape index (κ1) is 7.98. The minimum Gasteiger partial charge on any atom is -0.335 e. The molecule has 3 rings (SSSR count). The zero-order valence-corrected chi connectivity index (χ0v) is 7.62. The van der Waals surface area contributed by atoms with Gasteiger partial charge in [0.1, 0.15) is 24.0 Å². The van der Waals surface area contributed by atoms with Crippen LogP contribution in [-0.4, -0.2) is 29.9 Å². The largest absolute Gasteiger partial charge is 0.335 e. The molecule has 3 aromatic heterocycles. The van der Waals surface area contributed by atoms with Crippen LogP contribution in [0.25, 0.3) is 22.6 Å². The van der Waals surface area contributed by atoms with Crippen molar-refractivity contribution in [3.63, 3.8) is 0 Å². The Morgan fingerprint density at radius 1 is 0.933 bits per heavy atom. The van der Waals surface area contributed by atoms with Crippen LogP contribution in [0.2, 0.25) is 0 Å². The highest BCUT2D eigenvalue weighted by atomic mass is 15.0. The molecule has 0 aliphatic carbocycles. The zero-order valence-electron chi connectivity index (χ0n) is 7.62. The second-order valence-corrected chi connectivity index (χ2v) is 2.97. The number of aromatic nitrogens is 6. The van der Waals surface area contributed by atoms with E-state index < -0.39 is 0 Å². The molecule has 0 amide bonds. The summed E-state index contributed by atoms with van der Waals surface area (Å²) in [6, 6.07) is 0. The molecule has 3 heterocycles. The Morgan fingerprint density at radius 2 is 1.73 bits per heavy atom. The van der Waals surface area contributed by atoms with Crippen LogP contribution in [0.15, 0.2) is 31.2 Å². The lowest BCUT2D eigenvalue weighted by Gasteiger charge is -1.91. The molecule has 0 bridgehead atoms. The number of fused-ring (bicyclic) bond motifs is 1. The molecule has 6 nitrogen and oxygen atoms in total. The predicted molar refractivity (Wildman–Crippen MR) is 52.7 cm³/mol. The summed E-state index contributed by atoms with van der Waals surface area (Å²) < 4.78 is 0. The van der Waals surface area contributed by atoms with Gasteiger partial charge >= 0.3 is 0 Å². The first-order valence-electron chi connectivity index (χ1n) is 4.34. The van der Waals surface area contributed by atoms with Crippen LogP contribution in [0.1, 0.15) is 0 Å². The molecule has 15 heavy (non-hydrogen) atoms. The van der Waals surface area contributed by atoms with Gasteiger partial charge in [-0.15, -0.1) is 0 Å². The summed E-state index contributed by atoms with van der Waals surface area (Å²) in [4.78, 5) is 23.2. The molecule has 0 aliphatic heterocycles. The Kier molecular flexibility index (Phi) is 1.64. The van der Waals surface area contributed by atoms with Gasteiger partial charge in [0.05, 0.1) is 11.8 Å². The van der Waals surface area contributed by atoms with Gasteiger partial charge in [-0.1, -0.05) is 0 Å². The topological polar surface area (TPSA) is 80.2 Å². The highest BCUT2D eigenvalue weighted by Crippen LogP contribution is 2.15. The first-order chi connectivity index (χ1) is 7.43. The minimum atomic E-state index is 0.642. The lowest BCUT2D eigenvalue weighted by Crippen LogP contribution is -1.83. The summed E-state index contributed by atoms with van der Waals surface area (Å²) >= 11 is 0. The zero-order chi connectivity index (χ0) is 10.1. The van der Waals surface area contributed by atoms with E-state index in [0.29, 0.717) is 11.5 Å². The van der Waals surface area contributed by atoms with E-state index in [1.807, 2.05) is 0 Å². The van der Waals surface area contributed by atoms with E-state index in [2.05, 4.69) is 29.9 Å². The SMILES string of the molecule is c1ncc(-c2nc3ncncc3[nH]2)cn1. The summed E-state index contributed by atoms with van der Waals surface area (Å²) in [7, 11) is 0. The third-order valence-electron chi connectivity index (χ3n) is 2.00. The quantitative estimate of drug-likeness (QED) is 0.625. The summed E-state index contributed by atoms with van der Waals surface area (Å²) in [6.07, 6.45) is 8.01. The van der Waals surface area contributed by atoms with E-state index in [-0.39, 0.29) is 0 Å². The van der Waals surface area contributed by atoms with Crippen LogP contribution in [0.3, 0.4) is 0 Å². The van der Waals surface area contributed by atoms with E-state index in [4.69, 9.17) is 0 Å². The number of imidazole rings is 1. The normalized spacial score (nSPS) is 10.7. The molecular formula is C9H6N6. The standard InChI is InChI=1S/C9H6N6/c1-6(2-11-4-10-1)8-14-7-3-12-5-13-9(7)15-8/h1-5H,(H,12,13,14,15). The van der Waals surface area contributed by atoms with Gasteiger partial charge < -0.3 is 4.98 Å². The van der Waals surface area contributed by atoms with Crippen molar-refractivity contribution in [2.45, 2.75) is 0 Å².